The summed E-state index contributed by atoms with van der Waals surface area (Å²) in [5.41, 5.74) is 6.23. The van der Waals surface area contributed by atoms with Crippen LogP contribution in [0.25, 0.3) is 0 Å². The van der Waals surface area contributed by atoms with Crippen molar-refractivity contribution in [2.24, 2.45) is 5.73 Å². The van der Waals surface area contributed by atoms with Crippen LogP contribution in [0.4, 0.5) is 5.82 Å². The number of ether oxygens (including phenoxy) is 1. The summed E-state index contributed by atoms with van der Waals surface area (Å²) in [5.74, 6) is 1.52. The van der Waals surface area contributed by atoms with Crippen LogP contribution in [0.1, 0.15) is 35.8 Å². The molecule has 2 heterocycles. The van der Waals surface area contributed by atoms with Crippen molar-refractivity contribution < 1.29 is 4.74 Å². The lowest BCUT2D eigenvalue weighted by atomic mass is 9.78. The predicted octanol–water partition coefficient (Wildman–Crippen LogP) is 0.660. The Morgan fingerprint density at radius 1 is 1.31 bits per heavy atom. The molecule has 9 nitrogen and oxygen atoms in total. The van der Waals surface area contributed by atoms with Crippen molar-refractivity contribution in [1.82, 2.24) is 19.9 Å². The molecule has 11 heteroatoms. The van der Waals surface area contributed by atoms with Gasteiger partial charge in [-0.1, -0.05) is 0 Å². The third-order valence-corrected chi connectivity index (χ3v) is 4.01. The van der Waals surface area contributed by atoms with Crippen LogP contribution in [0.15, 0.2) is 21.9 Å². The molecule has 0 amide bonds. The fraction of sp³-hybridized carbons (Fsp3) is 0.467. The summed E-state index contributed by atoms with van der Waals surface area (Å²) in [4.78, 5) is 36.3. The second-order valence-corrected chi connectivity index (χ2v) is 5.91. The number of hydrogen-bond acceptors (Lipinski definition) is 7. The lowest BCUT2D eigenvalue weighted by Gasteiger charge is -2.32. The Labute approximate surface area is 162 Å². The van der Waals surface area contributed by atoms with Gasteiger partial charge in [-0.25, -0.2) is 14.8 Å². The van der Waals surface area contributed by atoms with Crippen LogP contribution in [0.5, 0.6) is 0 Å². The monoisotopic (exact) mass is 404 g/mol. The van der Waals surface area contributed by atoms with Crippen molar-refractivity contribution in [2.45, 2.75) is 38.0 Å². The summed E-state index contributed by atoms with van der Waals surface area (Å²) in [5, 5.41) is 3.09. The van der Waals surface area contributed by atoms with E-state index in [4.69, 9.17) is 10.5 Å². The first-order valence-corrected chi connectivity index (χ1v) is 7.72. The van der Waals surface area contributed by atoms with E-state index >= 15 is 0 Å². The molecule has 144 valence electrons. The summed E-state index contributed by atoms with van der Waals surface area (Å²) in [7, 11) is 1.59. The number of nitrogens with zero attached hydrogens (tertiary/aromatic N) is 2. The number of aromatic nitrogens is 4. The molecule has 2 aromatic heterocycles. The van der Waals surface area contributed by atoms with Gasteiger partial charge in [-0.2, -0.15) is 0 Å². The third kappa shape index (κ3) is 5.28. The Balaban J connectivity index is 0.00000169. The van der Waals surface area contributed by atoms with Crippen molar-refractivity contribution in [3.05, 3.63) is 50.2 Å². The smallest absolute Gasteiger partial charge is 0.325 e. The molecule has 1 aliphatic carbocycles. The minimum absolute atomic E-state index is 0. The number of aromatic amines is 2. The molecule has 0 aliphatic heterocycles. The average Bonchev–Trinajstić information content (AvgIpc) is 2.51. The first-order valence-electron chi connectivity index (χ1n) is 7.72. The molecule has 0 aromatic carbocycles. The maximum Gasteiger partial charge on any atom is 0.325 e. The lowest BCUT2D eigenvalue weighted by molar-refractivity contribution is 0.177. The van der Waals surface area contributed by atoms with Gasteiger partial charge >= 0.3 is 5.69 Å². The second kappa shape index (κ2) is 9.67. The Morgan fingerprint density at radius 2 is 2.04 bits per heavy atom. The highest BCUT2D eigenvalue weighted by atomic mass is 35.5. The molecular formula is C15H22Cl2N6O3. The maximum absolute atomic E-state index is 11.7. The number of rotatable bonds is 6. The van der Waals surface area contributed by atoms with Crippen LogP contribution in [0.3, 0.4) is 0 Å². The van der Waals surface area contributed by atoms with E-state index in [1.807, 2.05) is 6.07 Å². The van der Waals surface area contributed by atoms with Crippen LogP contribution in [0.2, 0.25) is 0 Å². The molecule has 0 radical (unpaired) electrons. The molecule has 1 fully saturated rings. The molecule has 0 saturated heterocycles. The van der Waals surface area contributed by atoms with Gasteiger partial charge in [0.1, 0.15) is 12.4 Å². The number of H-pyrrole nitrogens is 2. The van der Waals surface area contributed by atoms with Crippen LogP contribution in [0, 0.1) is 0 Å². The van der Waals surface area contributed by atoms with Crippen molar-refractivity contribution >= 4 is 30.6 Å². The van der Waals surface area contributed by atoms with E-state index in [9.17, 15) is 9.59 Å². The second-order valence-electron chi connectivity index (χ2n) is 5.91. The molecule has 1 aliphatic rings. The highest BCUT2D eigenvalue weighted by Gasteiger charge is 2.29. The fourth-order valence-electron chi connectivity index (χ4n) is 2.67. The first-order chi connectivity index (χ1) is 11.5. The molecule has 0 atom stereocenters. The van der Waals surface area contributed by atoms with Gasteiger partial charge in [0.25, 0.3) is 5.56 Å². The predicted molar refractivity (Wildman–Crippen MR) is 102 cm³/mol. The highest BCUT2D eigenvalue weighted by molar-refractivity contribution is 5.85. The third-order valence-electron chi connectivity index (χ3n) is 4.01. The molecule has 0 unspecified atom stereocenters. The van der Waals surface area contributed by atoms with E-state index in [1.54, 1.807) is 7.11 Å². The SMILES string of the molecule is COCc1nc(NCc2c[nH]c(=O)[nH]c2=O)cc(C2CC(N)C2)n1.Cl.Cl. The minimum atomic E-state index is -0.531. The normalized spacial score (nSPS) is 18.2. The Hall–Kier alpha value is -1.94. The Kier molecular flexibility index (Phi) is 8.22. The number of nitrogens with one attached hydrogen (secondary N) is 3. The van der Waals surface area contributed by atoms with Gasteiger partial charge in [0.05, 0.1) is 5.56 Å². The van der Waals surface area contributed by atoms with Gasteiger partial charge in [0.2, 0.25) is 0 Å². The maximum atomic E-state index is 11.7. The summed E-state index contributed by atoms with van der Waals surface area (Å²) in [6.07, 6.45) is 3.20. The molecule has 1 saturated carbocycles. The number of halogens is 2. The lowest BCUT2D eigenvalue weighted by Crippen LogP contribution is -2.35. The number of methoxy groups -OCH3 is 1. The molecule has 0 bridgehead atoms. The number of nitrogens with two attached hydrogens (primary N) is 1. The molecule has 26 heavy (non-hydrogen) atoms. The van der Waals surface area contributed by atoms with E-state index in [0.29, 0.717) is 29.7 Å². The molecule has 0 spiro atoms. The van der Waals surface area contributed by atoms with E-state index < -0.39 is 11.2 Å². The quantitative estimate of drug-likeness (QED) is 0.554. The van der Waals surface area contributed by atoms with Crippen LogP contribution in [-0.4, -0.2) is 33.1 Å². The van der Waals surface area contributed by atoms with Crippen LogP contribution >= 0.6 is 24.8 Å². The summed E-state index contributed by atoms with van der Waals surface area (Å²) < 4.78 is 5.11. The molecule has 5 N–H and O–H groups in total. The van der Waals surface area contributed by atoms with Crippen molar-refractivity contribution in [2.75, 3.05) is 12.4 Å². The van der Waals surface area contributed by atoms with E-state index in [2.05, 4.69) is 25.3 Å². The number of anilines is 1. The van der Waals surface area contributed by atoms with Gasteiger partial charge < -0.3 is 20.8 Å². The topological polar surface area (TPSA) is 139 Å². The summed E-state index contributed by atoms with van der Waals surface area (Å²) in [6.45, 7) is 0.541. The Morgan fingerprint density at radius 3 is 2.65 bits per heavy atom. The fourth-order valence-corrected chi connectivity index (χ4v) is 2.67. The zero-order chi connectivity index (χ0) is 17.1. The standard InChI is InChI=1S/C15H20N6O3.2ClH/c1-24-7-13-19-11(8-2-10(16)3-8)4-12(20-13)17-5-9-6-18-15(23)21-14(9)22;;/h4,6,8,10H,2-3,5,7,16H2,1H3,(H,17,19,20)(H2,18,21,22,23);2*1H. The van der Waals surface area contributed by atoms with Crippen LogP contribution < -0.4 is 22.3 Å². The Bertz CT molecular complexity index is 835. The molecular weight excluding hydrogens is 383 g/mol. The summed E-state index contributed by atoms with van der Waals surface area (Å²) >= 11 is 0. The average molecular weight is 405 g/mol. The van der Waals surface area contributed by atoms with E-state index in [1.165, 1.54) is 6.20 Å². The minimum Gasteiger partial charge on any atom is -0.377 e. The van der Waals surface area contributed by atoms with Crippen molar-refractivity contribution in [3.8, 4) is 0 Å². The van der Waals surface area contributed by atoms with Crippen LogP contribution in [-0.2, 0) is 17.9 Å². The van der Waals surface area contributed by atoms with E-state index in [0.717, 1.165) is 18.5 Å². The van der Waals surface area contributed by atoms with Crippen molar-refractivity contribution in [1.29, 1.82) is 0 Å². The zero-order valence-corrected chi connectivity index (χ0v) is 15.8. The highest BCUT2D eigenvalue weighted by Crippen LogP contribution is 2.35. The van der Waals surface area contributed by atoms with E-state index in [-0.39, 0.29) is 37.4 Å². The van der Waals surface area contributed by atoms with Gasteiger partial charge in [-0.05, 0) is 12.8 Å². The largest absolute Gasteiger partial charge is 0.377 e. The molecule has 2 aromatic rings. The zero-order valence-electron chi connectivity index (χ0n) is 14.2. The summed E-state index contributed by atoms with van der Waals surface area (Å²) in [6, 6.07) is 2.10. The van der Waals surface area contributed by atoms with Gasteiger partial charge in [-0.3, -0.25) is 9.78 Å². The number of hydrogen-bond donors (Lipinski definition) is 4. The van der Waals surface area contributed by atoms with Gasteiger partial charge in [-0.15, -0.1) is 24.8 Å². The molecule has 3 rings (SSSR count). The van der Waals surface area contributed by atoms with Gasteiger partial charge in [0, 0.05) is 43.6 Å². The van der Waals surface area contributed by atoms with Gasteiger partial charge in [0.15, 0.2) is 5.82 Å². The first kappa shape index (κ1) is 22.1. The van der Waals surface area contributed by atoms with Crippen molar-refractivity contribution in [3.63, 3.8) is 0 Å².